The summed E-state index contributed by atoms with van der Waals surface area (Å²) in [6.07, 6.45) is 4.80. The Hall–Kier alpha value is -0.340. The highest BCUT2D eigenvalue weighted by molar-refractivity contribution is 7.11. The molecule has 1 nitrogen and oxygen atoms in total. The van der Waals surface area contributed by atoms with Crippen molar-refractivity contribution in [3.05, 3.63) is 21.9 Å². The van der Waals surface area contributed by atoms with Crippen molar-refractivity contribution in [2.24, 2.45) is 5.41 Å². The van der Waals surface area contributed by atoms with Crippen LogP contribution in [0.3, 0.4) is 0 Å². The maximum atomic E-state index is 3.71. The first-order valence-electron chi connectivity index (χ1n) is 7.25. The summed E-state index contributed by atoms with van der Waals surface area (Å²) in [5, 5.41) is 3.71. The van der Waals surface area contributed by atoms with E-state index in [9.17, 15) is 0 Å². The van der Waals surface area contributed by atoms with Crippen molar-refractivity contribution in [2.45, 2.75) is 66.3 Å². The fraction of sp³-hybridized carbons (Fsp3) is 0.750. The standard InChI is InChI=1S/C16H29NS/c1-6-10-17-13(12-16(3,4)5)11-15-9-8-14(7-2)18-15/h8-9,13,17H,6-7,10-12H2,1-5H3. The zero-order valence-corrected chi connectivity index (χ0v) is 13.5. The van der Waals surface area contributed by atoms with Gasteiger partial charge in [0.1, 0.15) is 0 Å². The molecule has 0 aliphatic rings. The lowest BCUT2D eigenvalue weighted by atomic mass is 9.86. The fourth-order valence-electron chi connectivity index (χ4n) is 2.27. The lowest BCUT2D eigenvalue weighted by molar-refractivity contribution is 0.307. The Labute approximate surface area is 117 Å². The molecule has 0 aliphatic carbocycles. The third-order valence-corrected chi connectivity index (χ3v) is 4.31. The number of thiophene rings is 1. The zero-order valence-electron chi connectivity index (χ0n) is 12.7. The molecule has 0 bridgehead atoms. The minimum absolute atomic E-state index is 0.399. The molecule has 1 aromatic heterocycles. The molecule has 0 spiro atoms. The normalized spacial score (nSPS) is 13.8. The number of aryl methyl sites for hydroxylation is 1. The van der Waals surface area contributed by atoms with E-state index < -0.39 is 0 Å². The number of rotatable bonds is 7. The summed E-state index contributed by atoms with van der Waals surface area (Å²) in [5.74, 6) is 0. The SMILES string of the molecule is CCCNC(Cc1ccc(CC)s1)CC(C)(C)C. The Balaban J connectivity index is 2.59. The lowest BCUT2D eigenvalue weighted by Gasteiger charge is -2.26. The summed E-state index contributed by atoms with van der Waals surface area (Å²) < 4.78 is 0. The van der Waals surface area contributed by atoms with Crippen LogP contribution in [0.2, 0.25) is 0 Å². The van der Waals surface area contributed by atoms with Gasteiger partial charge < -0.3 is 5.32 Å². The highest BCUT2D eigenvalue weighted by Gasteiger charge is 2.19. The van der Waals surface area contributed by atoms with Gasteiger partial charge in [-0.15, -0.1) is 11.3 Å². The molecule has 1 rings (SSSR count). The van der Waals surface area contributed by atoms with Crippen molar-refractivity contribution in [3.8, 4) is 0 Å². The average Bonchev–Trinajstić information content (AvgIpc) is 2.71. The van der Waals surface area contributed by atoms with Crippen LogP contribution in [-0.4, -0.2) is 12.6 Å². The molecule has 1 N–H and O–H groups in total. The van der Waals surface area contributed by atoms with Gasteiger partial charge in [0.25, 0.3) is 0 Å². The van der Waals surface area contributed by atoms with Gasteiger partial charge in [-0.3, -0.25) is 0 Å². The first kappa shape index (κ1) is 15.7. The van der Waals surface area contributed by atoms with E-state index in [1.54, 1.807) is 0 Å². The maximum absolute atomic E-state index is 3.71. The van der Waals surface area contributed by atoms with Crippen molar-refractivity contribution >= 4 is 11.3 Å². The first-order valence-corrected chi connectivity index (χ1v) is 8.07. The number of hydrogen-bond donors (Lipinski definition) is 1. The molecule has 18 heavy (non-hydrogen) atoms. The van der Waals surface area contributed by atoms with Crippen LogP contribution in [0.1, 0.15) is 57.2 Å². The van der Waals surface area contributed by atoms with Crippen LogP contribution >= 0.6 is 11.3 Å². The van der Waals surface area contributed by atoms with Gasteiger partial charge in [-0.2, -0.15) is 0 Å². The Morgan fingerprint density at radius 3 is 2.33 bits per heavy atom. The van der Waals surface area contributed by atoms with Crippen molar-refractivity contribution in [2.75, 3.05) is 6.54 Å². The van der Waals surface area contributed by atoms with Crippen molar-refractivity contribution in [3.63, 3.8) is 0 Å². The van der Waals surface area contributed by atoms with E-state index in [-0.39, 0.29) is 0 Å². The largest absolute Gasteiger partial charge is 0.314 e. The minimum atomic E-state index is 0.399. The van der Waals surface area contributed by atoms with E-state index >= 15 is 0 Å². The molecular weight excluding hydrogens is 238 g/mol. The Morgan fingerprint density at radius 1 is 1.17 bits per heavy atom. The van der Waals surface area contributed by atoms with Crippen LogP contribution in [-0.2, 0) is 12.8 Å². The third-order valence-electron chi connectivity index (χ3n) is 3.06. The van der Waals surface area contributed by atoms with E-state index in [2.05, 4.69) is 52.1 Å². The molecule has 0 aliphatic heterocycles. The van der Waals surface area contributed by atoms with Crippen LogP contribution in [0.4, 0.5) is 0 Å². The molecule has 1 atom stereocenters. The van der Waals surface area contributed by atoms with E-state index in [4.69, 9.17) is 0 Å². The topological polar surface area (TPSA) is 12.0 Å². The molecule has 0 saturated heterocycles. The van der Waals surface area contributed by atoms with Crippen LogP contribution in [0.25, 0.3) is 0 Å². The fourth-order valence-corrected chi connectivity index (χ4v) is 3.31. The summed E-state index contributed by atoms with van der Waals surface area (Å²) in [6.45, 7) is 12.6. The smallest absolute Gasteiger partial charge is 0.0120 e. The third kappa shape index (κ3) is 6.01. The summed E-state index contributed by atoms with van der Waals surface area (Å²) in [4.78, 5) is 3.04. The summed E-state index contributed by atoms with van der Waals surface area (Å²) in [5.41, 5.74) is 0.399. The summed E-state index contributed by atoms with van der Waals surface area (Å²) in [7, 11) is 0. The van der Waals surface area contributed by atoms with Gasteiger partial charge in [0.05, 0.1) is 0 Å². The second-order valence-corrected chi connectivity index (χ2v) is 7.59. The predicted molar refractivity (Wildman–Crippen MR) is 83.6 cm³/mol. The van der Waals surface area contributed by atoms with Gasteiger partial charge in [-0.25, -0.2) is 0 Å². The minimum Gasteiger partial charge on any atom is -0.314 e. The molecule has 1 unspecified atom stereocenters. The Bertz CT molecular complexity index is 335. The van der Waals surface area contributed by atoms with Crippen LogP contribution < -0.4 is 5.32 Å². The highest BCUT2D eigenvalue weighted by Crippen LogP contribution is 2.25. The Kier molecular flexibility index (Phi) is 6.37. The number of hydrogen-bond acceptors (Lipinski definition) is 2. The van der Waals surface area contributed by atoms with Crippen molar-refractivity contribution in [1.82, 2.24) is 5.32 Å². The summed E-state index contributed by atoms with van der Waals surface area (Å²) >= 11 is 1.98. The van der Waals surface area contributed by atoms with E-state index in [0.29, 0.717) is 11.5 Å². The zero-order chi connectivity index (χ0) is 13.6. The highest BCUT2D eigenvalue weighted by atomic mass is 32.1. The van der Waals surface area contributed by atoms with Gasteiger partial charge in [0, 0.05) is 15.8 Å². The van der Waals surface area contributed by atoms with Crippen molar-refractivity contribution in [1.29, 1.82) is 0 Å². The predicted octanol–water partition coefficient (Wildman–Crippen LogP) is 4.66. The molecule has 0 aromatic carbocycles. The van der Waals surface area contributed by atoms with E-state index in [0.717, 1.165) is 13.0 Å². The van der Waals surface area contributed by atoms with Gasteiger partial charge in [0.2, 0.25) is 0 Å². The average molecular weight is 267 g/mol. The van der Waals surface area contributed by atoms with Gasteiger partial charge in [0.15, 0.2) is 0 Å². The molecule has 1 heterocycles. The first-order chi connectivity index (χ1) is 8.44. The molecule has 0 fully saturated rings. The van der Waals surface area contributed by atoms with E-state index in [1.807, 2.05) is 11.3 Å². The van der Waals surface area contributed by atoms with Crippen LogP contribution in [0.15, 0.2) is 12.1 Å². The van der Waals surface area contributed by atoms with Crippen molar-refractivity contribution < 1.29 is 0 Å². The van der Waals surface area contributed by atoms with E-state index in [1.165, 1.54) is 29.0 Å². The molecule has 1 aromatic rings. The van der Waals surface area contributed by atoms with Crippen LogP contribution in [0, 0.1) is 5.41 Å². The van der Waals surface area contributed by atoms with Gasteiger partial charge >= 0.3 is 0 Å². The lowest BCUT2D eigenvalue weighted by Crippen LogP contribution is -2.35. The molecule has 0 amide bonds. The second-order valence-electron chi connectivity index (χ2n) is 6.34. The maximum Gasteiger partial charge on any atom is 0.0120 e. The van der Waals surface area contributed by atoms with Gasteiger partial charge in [-0.1, -0.05) is 34.6 Å². The Morgan fingerprint density at radius 2 is 1.83 bits per heavy atom. The molecule has 0 saturated carbocycles. The van der Waals surface area contributed by atoms with Gasteiger partial charge in [-0.05, 0) is 49.8 Å². The summed E-state index contributed by atoms with van der Waals surface area (Å²) in [6, 6.07) is 5.22. The molecular formula is C16H29NS. The molecule has 104 valence electrons. The molecule has 0 radical (unpaired) electrons. The second kappa shape index (κ2) is 7.30. The monoisotopic (exact) mass is 267 g/mol. The molecule has 2 heteroatoms. The number of nitrogens with one attached hydrogen (secondary N) is 1. The van der Waals surface area contributed by atoms with Crippen LogP contribution in [0.5, 0.6) is 0 Å². The quantitative estimate of drug-likeness (QED) is 0.758.